The molecule has 1 fully saturated rings. The van der Waals surface area contributed by atoms with Crippen LogP contribution in [0.1, 0.15) is 33.8 Å². The third-order valence-corrected chi connectivity index (χ3v) is 4.87. The molecule has 2 heterocycles. The Morgan fingerprint density at radius 1 is 1.32 bits per heavy atom. The van der Waals surface area contributed by atoms with Crippen LogP contribution in [0.4, 0.5) is 0 Å². The molecule has 22 heavy (non-hydrogen) atoms. The highest BCUT2D eigenvalue weighted by molar-refractivity contribution is 7.12. The van der Waals surface area contributed by atoms with E-state index in [-0.39, 0.29) is 24.4 Å². The summed E-state index contributed by atoms with van der Waals surface area (Å²) in [5.41, 5.74) is 2.54. The number of hydrogen-bond acceptors (Lipinski definition) is 3. The van der Waals surface area contributed by atoms with Gasteiger partial charge in [0.15, 0.2) is 0 Å². The van der Waals surface area contributed by atoms with E-state index in [9.17, 15) is 4.79 Å². The van der Waals surface area contributed by atoms with Gasteiger partial charge in [-0.2, -0.15) is 0 Å². The molecule has 1 aromatic carbocycles. The van der Waals surface area contributed by atoms with Gasteiger partial charge in [0.25, 0.3) is 5.91 Å². The maximum Gasteiger partial charge on any atom is 0.264 e. The van der Waals surface area contributed by atoms with Gasteiger partial charge in [0.05, 0.1) is 10.9 Å². The number of rotatable bonds is 3. The number of carbonyl (C=O) groups excluding carboxylic acids is 1. The molecule has 1 unspecified atom stereocenters. The summed E-state index contributed by atoms with van der Waals surface area (Å²) in [5, 5.41) is 5.36. The second-order valence-corrected chi connectivity index (χ2v) is 6.24. The Kier molecular flexibility index (Phi) is 6.00. The van der Waals surface area contributed by atoms with E-state index >= 15 is 0 Å². The van der Waals surface area contributed by atoms with Crippen LogP contribution >= 0.6 is 23.7 Å². The summed E-state index contributed by atoms with van der Waals surface area (Å²) in [7, 11) is 0. The highest BCUT2D eigenvalue weighted by atomic mass is 35.5. The third-order valence-electron chi connectivity index (χ3n) is 4.01. The fourth-order valence-electron chi connectivity index (χ4n) is 2.76. The van der Waals surface area contributed by atoms with E-state index in [1.54, 1.807) is 0 Å². The van der Waals surface area contributed by atoms with Gasteiger partial charge in [-0.3, -0.25) is 4.79 Å². The van der Waals surface area contributed by atoms with Gasteiger partial charge in [0.2, 0.25) is 0 Å². The van der Waals surface area contributed by atoms with Gasteiger partial charge >= 0.3 is 0 Å². The molecule has 3 nitrogen and oxygen atoms in total. The van der Waals surface area contributed by atoms with E-state index in [0.29, 0.717) is 0 Å². The number of nitrogens with one attached hydrogen (secondary N) is 1. The molecule has 0 spiro atoms. The molecule has 3 rings (SSSR count). The van der Waals surface area contributed by atoms with Crippen LogP contribution < -0.4 is 5.32 Å². The molecule has 0 saturated carbocycles. The summed E-state index contributed by atoms with van der Waals surface area (Å²) in [6.07, 6.45) is 1.04. The highest BCUT2D eigenvalue weighted by Gasteiger charge is 2.28. The van der Waals surface area contributed by atoms with Crippen LogP contribution in [0.2, 0.25) is 0 Å². The number of aryl methyl sites for hydroxylation is 1. The van der Waals surface area contributed by atoms with E-state index in [2.05, 4.69) is 36.5 Å². The van der Waals surface area contributed by atoms with Gasteiger partial charge < -0.3 is 10.2 Å². The molecule has 1 amide bonds. The summed E-state index contributed by atoms with van der Waals surface area (Å²) >= 11 is 1.52. The summed E-state index contributed by atoms with van der Waals surface area (Å²) in [6, 6.07) is 12.6. The van der Waals surface area contributed by atoms with Crippen LogP contribution in [0, 0.1) is 0 Å². The molecule has 2 aromatic rings. The molecule has 1 saturated heterocycles. The van der Waals surface area contributed by atoms with Gasteiger partial charge in [-0.1, -0.05) is 37.3 Å². The van der Waals surface area contributed by atoms with Gasteiger partial charge in [-0.15, -0.1) is 23.7 Å². The van der Waals surface area contributed by atoms with Crippen LogP contribution in [0.15, 0.2) is 41.8 Å². The summed E-state index contributed by atoms with van der Waals surface area (Å²) in [5.74, 6) is 0.149. The predicted octanol–water partition coefficient (Wildman–Crippen LogP) is 3.52. The van der Waals surface area contributed by atoms with E-state index in [1.165, 1.54) is 22.5 Å². The molecule has 1 aliphatic rings. The van der Waals surface area contributed by atoms with E-state index < -0.39 is 0 Å². The zero-order valence-electron chi connectivity index (χ0n) is 12.6. The minimum Gasteiger partial charge on any atom is -0.328 e. The molecular weight excluding hydrogens is 316 g/mol. The third kappa shape index (κ3) is 3.51. The van der Waals surface area contributed by atoms with Crippen molar-refractivity contribution in [3.63, 3.8) is 0 Å². The van der Waals surface area contributed by atoms with E-state index in [1.807, 2.05) is 22.4 Å². The fraction of sp³-hybridized carbons (Fsp3) is 0.353. The SMILES string of the molecule is CCc1ccc(C2CNCCN2C(=O)c2cccs2)cc1.Cl. The zero-order valence-corrected chi connectivity index (χ0v) is 14.3. The average Bonchev–Trinajstić information content (AvgIpc) is 3.09. The topological polar surface area (TPSA) is 32.3 Å². The van der Waals surface area contributed by atoms with Crippen molar-refractivity contribution < 1.29 is 4.79 Å². The summed E-state index contributed by atoms with van der Waals surface area (Å²) < 4.78 is 0. The monoisotopic (exact) mass is 336 g/mol. The van der Waals surface area contributed by atoms with Crippen LogP contribution in [-0.2, 0) is 6.42 Å². The lowest BCUT2D eigenvalue weighted by Crippen LogP contribution is -2.48. The fourth-order valence-corrected chi connectivity index (χ4v) is 3.44. The first-order valence-electron chi connectivity index (χ1n) is 7.43. The van der Waals surface area contributed by atoms with Crippen LogP contribution in [0.5, 0.6) is 0 Å². The summed E-state index contributed by atoms with van der Waals surface area (Å²) in [4.78, 5) is 15.5. The lowest BCUT2D eigenvalue weighted by Gasteiger charge is -2.36. The largest absolute Gasteiger partial charge is 0.328 e. The molecule has 0 radical (unpaired) electrons. The first-order valence-corrected chi connectivity index (χ1v) is 8.31. The number of carbonyl (C=O) groups is 1. The average molecular weight is 337 g/mol. The molecule has 1 N–H and O–H groups in total. The quantitative estimate of drug-likeness (QED) is 0.930. The maximum atomic E-state index is 12.7. The van der Waals surface area contributed by atoms with Crippen molar-refractivity contribution in [3.05, 3.63) is 57.8 Å². The first-order chi connectivity index (χ1) is 10.3. The normalized spacial score (nSPS) is 17.9. The van der Waals surface area contributed by atoms with Gasteiger partial charge in [-0.05, 0) is 29.0 Å². The molecule has 1 aliphatic heterocycles. The van der Waals surface area contributed by atoms with Crippen molar-refractivity contribution >= 4 is 29.7 Å². The number of amides is 1. The zero-order chi connectivity index (χ0) is 14.7. The predicted molar refractivity (Wildman–Crippen MR) is 94.0 cm³/mol. The first kappa shape index (κ1) is 17.0. The van der Waals surface area contributed by atoms with Crippen molar-refractivity contribution in [3.8, 4) is 0 Å². The molecule has 0 aliphatic carbocycles. The molecule has 0 bridgehead atoms. The molecule has 1 aromatic heterocycles. The number of hydrogen-bond donors (Lipinski definition) is 1. The van der Waals surface area contributed by atoms with E-state index in [4.69, 9.17) is 0 Å². The number of nitrogens with zero attached hydrogens (tertiary/aromatic N) is 1. The smallest absolute Gasteiger partial charge is 0.264 e. The molecular formula is C17H21ClN2OS. The molecule has 1 atom stereocenters. The Morgan fingerprint density at radius 3 is 2.73 bits per heavy atom. The Morgan fingerprint density at radius 2 is 2.09 bits per heavy atom. The Bertz CT molecular complexity index is 598. The van der Waals surface area contributed by atoms with Crippen LogP contribution in [0.25, 0.3) is 0 Å². The van der Waals surface area contributed by atoms with Crippen molar-refractivity contribution in [1.82, 2.24) is 10.2 Å². The minimum atomic E-state index is 0. The summed E-state index contributed by atoms with van der Waals surface area (Å²) in [6.45, 7) is 4.60. The second-order valence-electron chi connectivity index (χ2n) is 5.29. The van der Waals surface area contributed by atoms with E-state index in [0.717, 1.165) is 30.9 Å². The van der Waals surface area contributed by atoms with Crippen LogP contribution in [0.3, 0.4) is 0 Å². The van der Waals surface area contributed by atoms with Crippen LogP contribution in [-0.4, -0.2) is 30.4 Å². The Labute approximate surface area is 141 Å². The van der Waals surface area contributed by atoms with Gasteiger partial charge in [0.1, 0.15) is 0 Å². The van der Waals surface area contributed by atoms with Crippen molar-refractivity contribution in [2.45, 2.75) is 19.4 Å². The lowest BCUT2D eigenvalue weighted by molar-refractivity contribution is 0.0639. The molecule has 118 valence electrons. The minimum absolute atomic E-state index is 0. The van der Waals surface area contributed by atoms with Gasteiger partial charge in [0, 0.05) is 19.6 Å². The Hall–Kier alpha value is -1.36. The highest BCUT2D eigenvalue weighted by Crippen LogP contribution is 2.25. The number of thiophene rings is 1. The lowest BCUT2D eigenvalue weighted by atomic mass is 10.0. The van der Waals surface area contributed by atoms with Crippen molar-refractivity contribution in [1.29, 1.82) is 0 Å². The standard InChI is InChI=1S/C17H20N2OS.ClH/c1-2-13-5-7-14(8-6-13)15-12-18-9-10-19(15)17(20)16-4-3-11-21-16;/h3-8,11,15,18H,2,9-10,12H2,1H3;1H. The number of benzene rings is 1. The maximum absolute atomic E-state index is 12.7. The van der Waals surface area contributed by atoms with Crippen molar-refractivity contribution in [2.24, 2.45) is 0 Å². The van der Waals surface area contributed by atoms with Gasteiger partial charge in [-0.25, -0.2) is 0 Å². The molecule has 5 heteroatoms. The van der Waals surface area contributed by atoms with Crippen molar-refractivity contribution in [2.75, 3.05) is 19.6 Å². The Balaban J connectivity index is 0.00000176. The number of halogens is 1. The second kappa shape index (κ2) is 7.77. The number of piperazine rings is 1.